The van der Waals surface area contributed by atoms with E-state index < -0.39 is 0 Å². The van der Waals surface area contributed by atoms with Crippen LogP contribution < -0.4 is 10.6 Å². The van der Waals surface area contributed by atoms with E-state index in [0.717, 1.165) is 32.4 Å². The maximum atomic E-state index is 11.6. The van der Waals surface area contributed by atoms with Crippen LogP contribution in [0.25, 0.3) is 0 Å². The molecule has 0 radical (unpaired) electrons. The zero-order valence-corrected chi connectivity index (χ0v) is 9.73. The van der Waals surface area contributed by atoms with Crippen molar-refractivity contribution in [1.82, 2.24) is 10.6 Å². The van der Waals surface area contributed by atoms with Gasteiger partial charge in [-0.15, -0.1) is 0 Å². The molecule has 0 aromatic rings. The van der Waals surface area contributed by atoms with Crippen LogP contribution in [0.2, 0.25) is 0 Å². The number of nitrogens with one attached hydrogen (secondary N) is 2. The number of hydrogen-bond donors (Lipinski definition) is 2. The van der Waals surface area contributed by atoms with E-state index >= 15 is 0 Å². The Balaban J connectivity index is 3.67. The normalized spacial score (nSPS) is 12.5. The molecule has 0 aliphatic heterocycles. The molecular formula is C11H24N2O. The molecular weight excluding hydrogens is 176 g/mol. The van der Waals surface area contributed by atoms with E-state index in [1.165, 1.54) is 6.42 Å². The number of hydrogen-bond acceptors (Lipinski definition) is 2. The number of carbonyl (C=O) groups excluding carboxylic acids is 1. The predicted molar refractivity (Wildman–Crippen MR) is 60.2 cm³/mol. The summed E-state index contributed by atoms with van der Waals surface area (Å²) in [6, 6.07) is 0. The Morgan fingerprint density at radius 2 is 2.00 bits per heavy atom. The van der Waals surface area contributed by atoms with Crippen LogP contribution in [0.5, 0.6) is 0 Å². The van der Waals surface area contributed by atoms with Crippen molar-refractivity contribution in [2.24, 2.45) is 5.92 Å². The van der Waals surface area contributed by atoms with Gasteiger partial charge in [0.15, 0.2) is 0 Å². The standard InChI is InChI=1S/C11H24N2O/c1-4-6-7-10(5-2)11(14)13-9-8-12-3/h10,12H,4-9H2,1-3H3,(H,13,14). The summed E-state index contributed by atoms with van der Waals surface area (Å²) >= 11 is 0. The summed E-state index contributed by atoms with van der Waals surface area (Å²) in [7, 11) is 1.89. The predicted octanol–water partition coefficient (Wildman–Crippen LogP) is 1.54. The third-order valence-electron chi connectivity index (χ3n) is 2.44. The van der Waals surface area contributed by atoms with E-state index in [-0.39, 0.29) is 11.8 Å². The number of amides is 1. The van der Waals surface area contributed by atoms with E-state index in [1.54, 1.807) is 0 Å². The Hall–Kier alpha value is -0.570. The minimum absolute atomic E-state index is 0.215. The van der Waals surface area contributed by atoms with Gasteiger partial charge in [-0.2, -0.15) is 0 Å². The lowest BCUT2D eigenvalue weighted by Gasteiger charge is -2.14. The van der Waals surface area contributed by atoms with Gasteiger partial charge in [-0.1, -0.05) is 26.7 Å². The van der Waals surface area contributed by atoms with E-state index in [9.17, 15) is 4.79 Å². The maximum Gasteiger partial charge on any atom is 0.223 e. The molecule has 1 amide bonds. The first-order valence-corrected chi connectivity index (χ1v) is 5.68. The van der Waals surface area contributed by atoms with E-state index in [0.29, 0.717) is 0 Å². The fourth-order valence-corrected chi connectivity index (χ4v) is 1.43. The van der Waals surface area contributed by atoms with Crippen LogP contribution in [-0.4, -0.2) is 26.0 Å². The van der Waals surface area contributed by atoms with Crippen LogP contribution >= 0.6 is 0 Å². The fourth-order valence-electron chi connectivity index (χ4n) is 1.43. The van der Waals surface area contributed by atoms with Gasteiger partial charge in [-0.25, -0.2) is 0 Å². The van der Waals surface area contributed by atoms with Gasteiger partial charge in [0.05, 0.1) is 0 Å². The SMILES string of the molecule is CCCCC(CC)C(=O)NCCNC. The molecule has 0 saturated carbocycles. The highest BCUT2D eigenvalue weighted by atomic mass is 16.1. The molecule has 0 spiro atoms. The monoisotopic (exact) mass is 200 g/mol. The Labute approximate surface area is 87.6 Å². The van der Waals surface area contributed by atoms with Gasteiger partial charge in [0, 0.05) is 19.0 Å². The zero-order chi connectivity index (χ0) is 10.8. The van der Waals surface area contributed by atoms with Crippen LogP contribution in [0.15, 0.2) is 0 Å². The summed E-state index contributed by atoms with van der Waals surface area (Å²) in [5.41, 5.74) is 0. The zero-order valence-electron chi connectivity index (χ0n) is 9.73. The molecule has 3 heteroatoms. The van der Waals surface area contributed by atoms with Crippen LogP contribution in [0.1, 0.15) is 39.5 Å². The molecule has 3 nitrogen and oxygen atoms in total. The smallest absolute Gasteiger partial charge is 0.223 e. The van der Waals surface area contributed by atoms with Gasteiger partial charge in [-0.05, 0) is 19.9 Å². The quantitative estimate of drug-likeness (QED) is 0.584. The lowest BCUT2D eigenvalue weighted by molar-refractivity contribution is -0.125. The molecule has 0 saturated heterocycles. The van der Waals surface area contributed by atoms with Crippen molar-refractivity contribution in [1.29, 1.82) is 0 Å². The highest BCUT2D eigenvalue weighted by Gasteiger charge is 2.14. The summed E-state index contributed by atoms with van der Waals surface area (Å²) in [4.78, 5) is 11.6. The second-order valence-electron chi connectivity index (χ2n) is 3.64. The van der Waals surface area contributed by atoms with Gasteiger partial charge < -0.3 is 10.6 Å². The minimum atomic E-state index is 0.215. The van der Waals surface area contributed by atoms with Crippen LogP contribution in [0, 0.1) is 5.92 Å². The molecule has 1 atom stereocenters. The molecule has 2 N–H and O–H groups in total. The fraction of sp³-hybridized carbons (Fsp3) is 0.909. The average Bonchev–Trinajstić information content (AvgIpc) is 2.19. The van der Waals surface area contributed by atoms with Gasteiger partial charge in [-0.3, -0.25) is 4.79 Å². The van der Waals surface area contributed by atoms with Crippen molar-refractivity contribution >= 4 is 5.91 Å². The van der Waals surface area contributed by atoms with Crippen LogP contribution in [0.3, 0.4) is 0 Å². The lowest BCUT2D eigenvalue weighted by atomic mass is 9.98. The van der Waals surface area contributed by atoms with Crippen molar-refractivity contribution < 1.29 is 4.79 Å². The Morgan fingerprint density at radius 1 is 1.29 bits per heavy atom. The highest BCUT2D eigenvalue weighted by Crippen LogP contribution is 2.12. The topological polar surface area (TPSA) is 41.1 Å². The van der Waals surface area contributed by atoms with Gasteiger partial charge in [0.2, 0.25) is 5.91 Å². The summed E-state index contributed by atoms with van der Waals surface area (Å²) in [6.07, 6.45) is 4.29. The summed E-state index contributed by atoms with van der Waals surface area (Å²) in [6.45, 7) is 5.82. The molecule has 0 aromatic carbocycles. The van der Waals surface area contributed by atoms with E-state index in [4.69, 9.17) is 0 Å². The Bertz CT molecular complexity index is 148. The summed E-state index contributed by atoms with van der Waals surface area (Å²) < 4.78 is 0. The van der Waals surface area contributed by atoms with Crippen molar-refractivity contribution in [3.05, 3.63) is 0 Å². The molecule has 1 unspecified atom stereocenters. The van der Waals surface area contributed by atoms with Gasteiger partial charge in [0.25, 0.3) is 0 Å². The van der Waals surface area contributed by atoms with E-state index in [1.807, 2.05) is 7.05 Å². The second-order valence-corrected chi connectivity index (χ2v) is 3.64. The highest BCUT2D eigenvalue weighted by molar-refractivity contribution is 5.78. The molecule has 0 bridgehead atoms. The molecule has 0 aliphatic carbocycles. The first kappa shape index (κ1) is 13.4. The number of likely N-dealkylation sites (N-methyl/N-ethyl adjacent to an activating group) is 1. The largest absolute Gasteiger partial charge is 0.355 e. The van der Waals surface area contributed by atoms with Crippen LogP contribution in [-0.2, 0) is 4.79 Å². The molecule has 84 valence electrons. The number of carbonyl (C=O) groups is 1. The lowest BCUT2D eigenvalue weighted by Crippen LogP contribution is -2.34. The van der Waals surface area contributed by atoms with Crippen molar-refractivity contribution in [2.75, 3.05) is 20.1 Å². The molecule has 0 aromatic heterocycles. The maximum absolute atomic E-state index is 11.6. The van der Waals surface area contributed by atoms with E-state index in [2.05, 4.69) is 24.5 Å². The average molecular weight is 200 g/mol. The molecule has 0 heterocycles. The number of unbranched alkanes of at least 4 members (excludes halogenated alkanes) is 1. The summed E-state index contributed by atoms with van der Waals surface area (Å²) in [5.74, 6) is 0.433. The van der Waals surface area contributed by atoms with Crippen molar-refractivity contribution in [2.45, 2.75) is 39.5 Å². The molecule has 0 fully saturated rings. The molecule has 0 rings (SSSR count). The first-order chi connectivity index (χ1) is 6.76. The first-order valence-electron chi connectivity index (χ1n) is 5.68. The van der Waals surface area contributed by atoms with Crippen LogP contribution in [0.4, 0.5) is 0 Å². The number of rotatable bonds is 8. The Morgan fingerprint density at radius 3 is 2.50 bits per heavy atom. The van der Waals surface area contributed by atoms with Crippen molar-refractivity contribution in [3.63, 3.8) is 0 Å². The third kappa shape index (κ3) is 5.97. The third-order valence-corrected chi connectivity index (χ3v) is 2.44. The van der Waals surface area contributed by atoms with Gasteiger partial charge >= 0.3 is 0 Å². The van der Waals surface area contributed by atoms with Crippen molar-refractivity contribution in [3.8, 4) is 0 Å². The molecule has 0 aliphatic rings. The Kier molecular flexibility index (Phi) is 8.64. The molecule has 14 heavy (non-hydrogen) atoms. The second kappa shape index (κ2) is 9.00. The summed E-state index contributed by atoms with van der Waals surface area (Å²) in [5, 5.41) is 5.95. The van der Waals surface area contributed by atoms with Gasteiger partial charge in [0.1, 0.15) is 0 Å². The minimum Gasteiger partial charge on any atom is -0.355 e.